The fourth-order valence-corrected chi connectivity index (χ4v) is 1.30. The Morgan fingerprint density at radius 3 is 2.60 bits per heavy atom. The number of rotatable bonds is 3. The maximum atomic E-state index is 13.0. The normalized spacial score (nSPS) is 11.5. The van der Waals surface area contributed by atoms with Crippen molar-refractivity contribution in [3.63, 3.8) is 0 Å². The summed E-state index contributed by atoms with van der Waals surface area (Å²) in [6, 6.07) is 4.23. The lowest BCUT2D eigenvalue weighted by molar-refractivity contribution is 0.0846. The number of benzene rings is 1. The minimum atomic E-state index is -0.640. The Hall–Kier alpha value is -1.22. The van der Waals surface area contributed by atoms with E-state index in [4.69, 9.17) is 5.73 Å². The number of hydrogen-bond donors (Lipinski definition) is 1. The van der Waals surface area contributed by atoms with Crippen molar-refractivity contribution in [2.75, 3.05) is 6.54 Å². The van der Waals surface area contributed by atoms with Gasteiger partial charge in [0, 0.05) is 17.5 Å². The van der Waals surface area contributed by atoms with E-state index in [1.165, 1.54) is 12.1 Å². The lowest BCUT2D eigenvalue weighted by atomic mass is 9.83. The molecule has 0 saturated heterocycles. The molecule has 0 unspecified atom stereocenters. The van der Waals surface area contributed by atoms with Gasteiger partial charge in [-0.3, -0.25) is 4.79 Å². The zero-order valence-corrected chi connectivity index (χ0v) is 9.30. The predicted octanol–water partition coefficient (Wildman–Crippen LogP) is 2.30. The molecule has 0 saturated carbocycles. The van der Waals surface area contributed by atoms with Crippen LogP contribution in [0.2, 0.25) is 0 Å². The second-order valence-electron chi connectivity index (χ2n) is 4.38. The number of hydrogen-bond acceptors (Lipinski definition) is 2. The fraction of sp³-hybridized carbons (Fsp3) is 0.417. The molecule has 0 aliphatic heterocycles. The summed E-state index contributed by atoms with van der Waals surface area (Å²) in [5.74, 6) is -0.501. The van der Waals surface area contributed by atoms with Crippen LogP contribution in [0, 0.1) is 18.2 Å². The van der Waals surface area contributed by atoms with E-state index in [-0.39, 0.29) is 12.3 Å². The summed E-state index contributed by atoms with van der Waals surface area (Å²) in [6.07, 6.45) is 0. The summed E-state index contributed by atoms with van der Waals surface area (Å²) in [5, 5.41) is 0. The Morgan fingerprint density at radius 2 is 2.07 bits per heavy atom. The van der Waals surface area contributed by atoms with E-state index in [1.807, 2.05) is 0 Å². The first-order valence-corrected chi connectivity index (χ1v) is 4.89. The molecule has 1 rings (SSSR count). The molecular formula is C12H16FNO. The zero-order chi connectivity index (χ0) is 11.6. The molecule has 1 aromatic carbocycles. The minimum Gasteiger partial charge on any atom is -0.329 e. The molecule has 15 heavy (non-hydrogen) atoms. The van der Waals surface area contributed by atoms with Crippen LogP contribution in [-0.4, -0.2) is 12.3 Å². The third-order valence-electron chi connectivity index (χ3n) is 2.57. The molecule has 2 nitrogen and oxygen atoms in total. The van der Waals surface area contributed by atoms with Gasteiger partial charge in [0.1, 0.15) is 5.82 Å². The van der Waals surface area contributed by atoms with Crippen molar-refractivity contribution in [2.45, 2.75) is 20.8 Å². The summed E-state index contributed by atoms with van der Waals surface area (Å²) in [5.41, 5.74) is 6.08. The predicted molar refractivity (Wildman–Crippen MR) is 58.3 cm³/mol. The summed E-state index contributed by atoms with van der Waals surface area (Å²) in [6.45, 7) is 5.57. The van der Waals surface area contributed by atoms with Gasteiger partial charge in [-0.1, -0.05) is 19.9 Å². The van der Waals surface area contributed by atoms with E-state index in [1.54, 1.807) is 26.8 Å². The Kier molecular flexibility index (Phi) is 3.25. The van der Waals surface area contributed by atoms with Crippen molar-refractivity contribution >= 4 is 5.78 Å². The molecule has 0 fully saturated rings. The number of Topliss-reactive ketones (excluding diaryl/α,β-unsaturated/α-hetero) is 1. The highest BCUT2D eigenvalue weighted by Gasteiger charge is 2.28. The van der Waals surface area contributed by atoms with Gasteiger partial charge in [-0.15, -0.1) is 0 Å². The van der Waals surface area contributed by atoms with Crippen LogP contribution in [0.5, 0.6) is 0 Å². The summed E-state index contributed by atoms with van der Waals surface area (Å²) < 4.78 is 13.0. The molecule has 82 valence electrons. The number of carbonyl (C=O) groups excluding carboxylic acids is 1. The SMILES string of the molecule is Cc1ccc(F)cc1C(=O)C(C)(C)CN. The first kappa shape index (κ1) is 11.9. The van der Waals surface area contributed by atoms with Gasteiger partial charge < -0.3 is 5.73 Å². The highest BCUT2D eigenvalue weighted by atomic mass is 19.1. The van der Waals surface area contributed by atoms with Gasteiger partial charge >= 0.3 is 0 Å². The largest absolute Gasteiger partial charge is 0.329 e. The number of halogens is 1. The molecule has 2 N–H and O–H groups in total. The highest BCUT2D eigenvalue weighted by Crippen LogP contribution is 2.23. The molecule has 0 radical (unpaired) electrons. The molecule has 0 heterocycles. The summed E-state index contributed by atoms with van der Waals surface area (Å²) in [7, 11) is 0. The Bertz CT molecular complexity index is 385. The average molecular weight is 209 g/mol. The Labute approximate surface area is 89.3 Å². The lowest BCUT2D eigenvalue weighted by Crippen LogP contribution is -2.33. The third kappa shape index (κ3) is 2.42. The summed E-state index contributed by atoms with van der Waals surface area (Å²) in [4.78, 5) is 12.0. The molecule has 1 aromatic rings. The van der Waals surface area contributed by atoms with E-state index in [0.717, 1.165) is 5.56 Å². The smallest absolute Gasteiger partial charge is 0.170 e. The molecule has 0 aliphatic carbocycles. The summed E-state index contributed by atoms with van der Waals surface area (Å²) >= 11 is 0. The van der Waals surface area contributed by atoms with Crippen LogP contribution in [0.15, 0.2) is 18.2 Å². The molecule has 0 aliphatic rings. The highest BCUT2D eigenvalue weighted by molar-refractivity contribution is 6.01. The number of aryl methyl sites for hydroxylation is 1. The van der Waals surface area contributed by atoms with Crippen LogP contribution in [0.4, 0.5) is 4.39 Å². The van der Waals surface area contributed by atoms with Gasteiger partial charge in [0.05, 0.1) is 0 Å². The average Bonchev–Trinajstić information content (AvgIpc) is 2.20. The maximum Gasteiger partial charge on any atom is 0.170 e. The maximum absolute atomic E-state index is 13.0. The van der Waals surface area contributed by atoms with Crippen LogP contribution >= 0.6 is 0 Å². The van der Waals surface area contributed by atoms with Crippen LogP contribution in [-0.2, 0) is 0 Å². The van der Waals surface area contributed by atoms with Crippen LogP contribution in [0.1, 0.15) is 29.8 Å². The van der Waals surface area contributed by atoms with Crippen LogP contribution in [0.3, 0.4) is 0 Å². The second-order valence-corrected chi connectivity index (χ2v) is 4.38. The van der Waals surface area contributed by atoms with Crippen molar-refractivity contribution in [3.05, 3.63) is 35.1 Å². The van der Waals surface area contributed by atoms with Gasteiger partial charge in [-0.05, 0) is 24.6 Å². The topological polar surface area (TPSA) is 43.1 Å². The van der Waals surface area contributed by atoms with E-state index < -0.39 is 11.2 Å². The number of nitrogens with two attached hydrogens (primary N) is 1. The van der Waals surface area contributed by atoms with Crippen molar-refractivity contribution in [1.29, 1.82) is 0 Å². The molecule has 0 spiro atoms. The second kappa shape index (κ2) is 4.11. The quantitative estimate of drug-likeness (QED) is 0.776. The molecule has 0 aromatic heterocycles. The molecule has 0 atom stereocenters. The van der Waals surface area contributed by atoms with Crippen LogP contribution < -0.4 is 5.73 Å². The van der Waals surface area contributed by atoms with Gasteiger partial charge in [0.15, 0.2) is 5.78 Å². The molecule has 3 heteroatoms. The van der Waals surface area contributed by atoms with Crippen LogP contribution in [0.25, 0.3) is 0 Å². The molecular weight excluding hydrogens is 193 g/mol. The fourth-order valence-electron chi connectivity index (χ4n) is 1.30. The lowest BCUT2D eigenvalue weighted by Gasteiger charge is -2.21. The minimum absolute atomic E-state index is 0.109. The van der Waals surface area contributed by atoms with E-state index in [0.29, 0.717) is 5.56 Å². The van der Waals surface area contributed by atoms with E-state index in [9.17, 15) is 9.18 Å². The molecule has 0 amide bonds. The monoisotopic (exact) mass is 209 g/mol. The van der Waals surface area contributed by atoms with E-state index >= 15 is 0 Å². The molecule has 0 bridgehead atoms. The third-order valence-corrected chi connectivity index (χ3v) is 2.57. The van der Waals surface area contributed by atoms with Gasteiger partial charge in [-0.25, -0.2) is 4.39 Å². The van der Waals surface area contributed by atoms with Crippen molar-refractivity contribution < 1.29 is 9.18 Å². The Morgan fingerprint density at radius 1 is 1.47 bits per heavy atom. The van der Waals surface area contributed by atoms with Gasteiger partial charge in [0.2, 0.25) is 0 Å². The zero-order valence-electron chi connectivity index (χ0n) is 9.30. The van der Waals surface area contributed by atoms with Crippen molar-refractivity contribution in [3.8, 4) is 0 Å². The number of ketones is 1. The van der Waals surface area contributed by atoms with Crippen molar-refractivity contribution in [2.24, 2.45) is 11.1 Å². The van der Waals surface area contributed by atoms with Gasteiger partial charge in [-0.2, -0.15) is 0 Å². The van der Waals surface area contributed by atoms with Gasteiger partial charge in [0.25, 0.3) is 0 Å². The Balaban J connectivity index is 3.17. The first-order valence-electron chi connectivity index (χ1n) is 4.89. The number of carbonyl (C=O) groups is 1. The van der Waals surface area contributed by atoms with E-state index in [2.05, 4.69) is 0 Å². The van der Waals surface area contributed by atoms with Crippen molar-refractivity contribution in [1.82, 2.24) is 0 Å². The standard InChI is InChI=1S/C12H16FNO/c1-8-4-5-9(13)6-10(8)11(15)12(2,3)7-14/h4-6H,7,14H2,1-3H3. The first-order chi connectivity index (χ1) is 6.88.